The topological polar surface area (TPSA) is 42.1 Å². The fraction of sp³-hybridized carbons (Fsp3) is 0.700. The van der Waals surface area contributed by atoms with Crippen molar-refractivity contribution in [3.8, 4) is 0 Å². The molecule has 1 saturated heterocycles. The van der Waals surface area contributed by atoms with Crippen molar-refractivity contribution in [1.82, 2.24) is 9.88 Å². The zero-order valence-electron chi connectivity index (χ0n) is 8.73. The molecule has 0 aliphatic carbocycles. The first-order valence-corrected chi connectivity index (χ1v) is 5.97. The lowest BCUT2D eigenvalue weighted by Crippen LogP contribution is -2.17. The Hall–Kier alpha value is -0.450. The van der Waals surface area contributed by atoms with Gasteiger partial charge in [-0.25, -0.2) is 4.98 Å². The lowest BCUT2D eigenvalue weighted by Gasteiger charge is -2.16. The average Bonchev–Trinajstić information content (AvgIpc) is 2.71. The molecule has 1 aliphatic rings. The van der Waals surface area contributed by atoms with Crippen molar-refractivity contribution in [2.45, 2.75) is 31.8 Å². The summed E-state index contributed by atoms with van der Waals surface area (Å²) in [5.74, 6) is 0. The minimum atomic E-state index is 0.0618. The fourth-order valence-electron chi connectivity index (χ4n) is 1.89. The smallest absolute Gasteiger partial charge is 0.110 e. The Morgan fingerprint density at radius 2 is 2.50 bits per heavy atom. The Balaban J connectivity index is 2.16. The van der Waals surface area contributed by atoms with Crippen LogP contribution >= 0.6 is 11.3 Å². The molecular weight excluding hydrogens is 194 g/mol. The number of aromatic nitrogens is 1. The molecule has 2 unspecified atom stereocenters. The summed E-state index contributed by atoms with van der Waals surface area (Å²) in [5.41, 5.74) is 6.82. The third-order valence-electron chi connectivity index (χ3n) is 2.81. The quantitative estimate of drug-likeness (QED) is 0.812. The molecule has 1 aliphatic heterocycles. The highest BCUT2D eigenvalue weighted by Gasteiger charge is 2.25. The molecule has 0 spiro atoms. The van der Waals surface area contributed by atoms with Gasteiger partial charge in [-0.2, -0.15) is 0 Å². The highest BCUT2D eigenvalue weighted by atomic mass is 32.1. The second-order valence-corrected chi connectivity index (χ2v) is 4.93. The van der Waals surface area contributed by atoms with E-state index in [1.807, 2.05) is 6.92 Å². The maximum absolute atomic E-state index is 5.79. The molecule has 14 heavy (non-hydrogen) atoms. The van der Waals surface area contributed by atoms with E-state index in [-0.39, 0.29) is 6.04 Å². The Labute approximate surface area is 88.9 Å². The molecule has 78 valence electrons. The molecule has 2 N–H and O–H groups in total. The van der Waals surface area contributed by atoms with Gasteiger partial charge in [0.15, 0.2) is 0 Å². The van der Waals surface area contributed by atoms with Crippen molar-refractivity contribution in [2.24, 2.45) is 5.73 Å². The maximum atomic E-state index is 5.79. The maximum Gasteiger partial charge on any atom is 0.110 e. The lowest BCUT2D eigenvalue weighted by molar-refractivity contribution is 0.316. The van der Waals surface area contributed by atoms with Crippen LogP contribution in [0, 0.1) is 0 Å². The molecule has 0 bridgehead atoms. The Morgan fingerprint density at radius 3 is 3.00 bits per heavy atom. The van der Waals surface area contributed by atoms with Gasteiger partial charge in [0.25, 0.3) is 0 Å². The minimum Gasteiger partial charge on any atom is -0.323 e. The van der Waals surface area contributed by atoms with Crippen molar-refractivity contribution in [3.05, 3.63) is 16.1 Å². The van der Waals surface area contributed by atoms with Crippen molar-refractivity contribution in [3.63, 3.8) is 0 Å². The van der Waals surface area contributed by atoms with Crippen LogP contribution in [0.5, 0.6) is 0 Å². The number of likely N-dealkylation sites (tertiary alicyclic amines) is 1. The average molecular weight is 211 g/mol. The van der Waals surface area contributed by atoms with Crippen LogP contribution in [0.4, 0.5) is 0 Å². The van der Waals surface area contributed by atoms with Crippen molar-refractivity contribution in [1.29, 1.82) is 0 Å². The van der Waals surface area contributed by atoms with Crippen LogP contribution < -0.4 is 5.73 Å². The molecule has 0 saturated carbocycles. The zero-order valence-corrected chi connectivity index (χ0v) is 9.55. The molecule has 1 fully saturated rings. The number of nitrogens with two attached hydrogens (primary N) is 1. The molecule has 2 rings (SSSR count). The highest BCUT2D eigenvalue weighted by molar-refractivity contribution is 7.09. The van der Waals surface area contributed by atoms with Crippen LogP contribution in [0.3, 0.4) is 0 Å². The second kappa shape index (κ2) is 3.96. The van der Waals surface area contributed by atoms with Gasteiger partial charge in [-0.3, -0.25) is 4.90 Å². The van der Waals surface area contributed by atoms with E-state index in [2.05, 4.69) is 22.3 Å². The monoisotopic (exact) mass is 211 g/mol. The standard InChI is InChI=1S/C10H17N3S/c1-7(11)8-6-14-10(12-8)9-4-3-5-13(9)2/h6-7,9H,3-5,11H2,1-2H3. The van der Waals surface area contributed by atoms with Crippen molar-refractivity contribution >= 4 is 11.3 Å². The van der Waals surface area contributed by atoms with E-state index in [0.29, 0.717) is 6.04 Å². The van der Waals surface area contributed by atoms with Crippen LogP contribution in [0.2, 0.25) is 0 Å². The van der Waals surface area contributed by atoms with E-state index in [1.54, 1.807) is 11.3 Å². The van der Waals surface area contributed by atoms with Crippen LogP contribution in [0.15, 0.2) is 5.38 Å². The van der Waals surface area contributed by atoms with Gasteiger partial charge in [-0.1, -0.05) is 0 Å². The zero-order chi connectivity index (χ0) is 10.1. The fourth-order valence-corrected chi connectivity index (χ4v) is 3.01. The molecule has 0 amide bonds. The summed E-state index contributed by atoms with van der Waals surface area (Å²) >= 11 is 1.75. The summed E-state index contributed by atoms with van der Waals surface area (Å²) in [6.45, 7) is 3.18. The van der Waals surface area contributed by atoms with Crippen molar-refractivity contribution in [2.75, 3.05) is 13.6 Å². The lowest BCUT2D eigenvalue weighted by atomic mass is 10.2. The van der Waals surface area contributed by atoms with E-state index in [0.717, 1.165) is 5.69 Å². The van der Waals surface area contributed by atoms with E-state index in [4.69, 9.17) is 5.73 Å². The first-order valence-electron chi connectivity index (χ1n) is 5.09. The Kier molecular flexibility index (Phi) is 2.85. The third kappa shape index (κ3) is 1.82. The van der Waals surface area contributed by atoms with Crippen LogP contribution in [0.1, 0.15) is 42.6 Å². The minimum absolute atomic E-state index is 0.0618. The molecule has 4 heteroatoms. The van der Waals surface area contributed by atoms with E-state index in [1.165, 1.54) is 24.4 Å². The second-order valence-electron chi connectivity index (χ2n) is 4.04. The summed E-state index contributed by atoms with van der Waals surface area (Å²) in [7, 11) is 2.17. The molecule has 2 heterocycles. The predicted octanol–water partition coefficient (Wildman–Crippen LogP) is 1.93. The summed E-state index contributed by atoms with van der Waals surface area (Å²) in [6.07, 6.45) is 2.52. The predicted molar refractivity (Wildman–Crippen MR) is 59.3 cm³/mol. The van der Waals surface area contributed by atoms with Crippen LogP contribution in [0.25, 0.3) is 0 Å². The van der Waals surface area contributed by atoms with Gasteiger partial charge in [-0.05, 0) is 33.4 Å². The first-order chi connectivity index (χ1) is 6.68. The largest absolute Gasteiger partial charge is 0.323 e. The summed E-state index contributed by atoms with van der Waals surface area (Å²) in [6, 6.07) is 0.596. The number of hydrogen-bond donors (Lipinski definition) is 1. The van der Waals surface area contributed by atoms with Gasteiger partial charge in [0.1, 0.15) is 5.01 Å². The molecule has 1 aromatic heterocycles. The number of rotatable bonds is 2. The molecule has 2 atom stereocenters. The summed E-state index contributed by atoms with van der Waals surface area (Å²) in [4.78, 5) is 6.97. The van der Waals surface area contributed by atoms with Crippen LogP contribution in [-0.2, 0) is 0 Å². The Morgan fingerprint density at radius 1 is 1.71 bits per heavy atom. The van der Waals surface area contributed by atoms with Gasteiger partial charge < -0.3 is 5.73 Å². The van der Waals surface area contributed by atoms with E-state index < -0.39 is 0 Å². The Bertz CT molecular complexity index is 308. The summed E-state index contributed by atoms with van der Waals surface area (Å²) < 4.78 is 0. The van der Waals surface area contributed by atoms with Gasteiger partial charge in [0, 0.05) is 11.4 Å². The van der Waals surface area contributed by atoms with E-state index >= 15 is 0 Å². The third-order valence-corrected chi connectivity index (χ3v) is 3.78. The van der Waals surface area contributed by atoms with E-state index in [9.17, 15) is 0 Å². The van der Waals surface area contributed by atoms with Gasteiger partial charge in [-0.15, -0.1) is 11.3 Å². The first kappa shape index (κ1) is 10.1. The van der Waals surface area contributed by atoms with Crippen molar-refractivity contribution < 1.29 is 0 Å². The van der Waals surface area contributed by atoms with Gasteiger partial charge in [0.2, 0.25) is 0 Å². The SMILES string of the molecule is CC(N)c1csc(C2CCCN2C)n1. The highest BCUT2D eigenvalue weighted by Crippen LogP contribution is 2.32. The summed E-state index contributed by atoms with van der Waals surface area (Å²) in [5, 5.41) is 3.32. The molecular formula is C10H17N3S. The molecule has 0 radical (unpaired) electrons. The number of nitrogens with zero attached hydrogens (tertiary/aromatic N) is 2. The van der Waals surface area contributed by atoms with Crippen LogP contribution in [-0.4, -0.2) is 23.5 Å². The molecule has 0 aromatic carbocycles. The molecule has 1 aromatic rings. The van der Waals surface area contributed by atoms with Gasteiger partial charge >= 0.3 is 0 Å². The number of hydrogen-bond acceptors (Lipinski definition) is 4. The number of thiazole rings is 1. The normalized spacial score (nSPS) is 25.5. The molecule has 3 nitrogen and oxygen atoms in total. The van der Waals surface area contributed by atoms with Gasteiger partial charge in [0.05, 0.1) is 11.7 Å².